The largest absolute Gasteiger partial charge is 0.466 e. The number of hydrogen-bond donors (Lipinski definition) is 0. The van der Waals surface area contributed by atoms with Gasteiger partial charge in [0.25, 0.3) is 0 Å². The molecule has 0 amide bonds. The van der Waals surface area contributed by atoms with Gasteiger partial charge in [0, 0.05) is 10.8 Å². The molecule has 0 aromatic carbocycles. The number of nitro groups is 1. The van der Waals surface area contributed by atoms with E-state index in [-0.39, 0.29) is 23.4 Å². The monoisotopic (exact) mass is 201 g/mol. The minimum absolute atomic E-state index is 0.0327. The van der Waals surface area contributed by atoms with Gasteiger partial charge >= 0.3 is 5.97 Å². The van der Waals surface area contributed by atoms with Crippen LogP contribution in [-0.2, 0) is 9.53 Å². The zero-order valence-electron chi connectivity index (χ0n) is 8.49. The molecule has 0 aromatic rings. The molecular formula is C9H15NO4. The Kier molecular flexibility index (Phi) is 3.08. The van der Waals surface area contributed by atoms with Crippen LogP contribution < -0.4 is 0 Å². The van der Waals surface area contributed by atoms with Crippen molar-refractivity contribution in [2.45, 2.75) is 26.7 Å². The molecule has 1 fully saturated rings. The van der Waals surface area contributed by atoms with E-state index in [0.29, 0.717) is 19.4 Å². The second-order valence-corrected chi connectivity index (χ2v) is 4.07. The Bertz CT molecular complexity index is 245. The molecule has 0 aliphatic heterocycles. The summed E-state index contributed by atoms with van der Waals surface area (Å²) in [6.07, 6.45) is 1.15. The Morgan fingerprint density at radius 3 is 2.64 bits per heavy atom. The molecule has 0 saturated heterocycles. The van der Waals surface area contributed by atoms with Crippen molar-refractivity contribution in [2.75, 3.05) is 13.2 Å². The van der Waals surface area contributed by atoms with Crippen molar-refractivity contribution in [3.8, 4) is 0 Å². The summed E-state index contributed by atoms with van der Waals surface area (Å²) in [6.45, 7) is 3.90. The van der Waals surface area contributed by atoms with Crippen LogP contribution in [0.5, 0.6) is 0 Å². The fourth-order valence-corrected chi connectivity index (χ4v) is 2.03. The van der Waals surface area contributed by atoms with Crippen molar-refractivity contribution in [3.63, 3.8) is 0 Å². The van der Waals surface area contributed by atoms with Gasteiger partial charge in [0.15, 0.2) is 0 Å². The number of carbonyl (C=O) groups is 1. The number of ether oxygens (including phenoxy) is 1. The number of nitrogens with zero attached hydrogens (tertiary/aromatic N) is 1. The molecule has 14 heavy (non-hydrogen) atoms. The summed E-state index contributed by atoms with van der Waals surface area (Å²) in [5.41, 5.74) is -0.476. The third kappa shape index (κ3) is 2.21. The molecule has 0 radical (unpaired) electrons. The van der Waals surface area contributed by atoms with Crippen LogP contribution in [0.4, 0.5) is 0 Å². The third-order valence-corrected chi connectivity index (χ3v) is 2.65. The summed E-state index contributed by atoms with van der Waals surface area (Å²) in [5, 5.41) is 10.2. The first kappa shape index (κ1) is 10.9. The highest BCUT2D eigenvalue weighted by Gasteiger charge is 2.49. The van der Waals surface area contributed by atoms with Crippen molar-refractivity contribution >= 4 is 5.97 Å². The fraction of sp³-hybridized carbons (Fsp3) is 0.889. The van der Waals surface area contributed by atoms with Gasteiger partial charge in [-0.2, -0.15) is 0 Å². The first-order valence-corrected chi connectivity index (χ1v) is 4.77. The second-order valence-electron chi connectivity index (χ2n) is 4.07. The van der Waals surface area contributed by atoms with E-state index in [2.05, 4.69) is 0 Å². The van der Waals surface area contributed by atoms with Crippen LogP contribution in [-0.4, -0.2) is 24.0 Å². The summed E-state index contributed by atoms with van der Waals surface area (Å²) in [5.74, 6) is -0.181. The number of rotatable bonds is 4. The summed E-state index contributed by atoms with van der Waals surface area (Å²) < 4.78 is 4.89. The maximum absolute atomic E-state index is 11.4. The SMILES string of the molecule is CCOC(=O)C1(C)CC(C[N+](=O)[O-])C1. The van der Waals surface area contributed by atoms with Gasteiger partial charge in [0.1, 0.15) is 0 Å². The maximum atomic E-state index is 11.4. The van der Waals surface area contributed by atoms with Crippen LogP contribution in [0.1, 0.15) is 26.7 Å². The highest BCUT2D eigenvalue weighted by Crippen LogP contribution is 2.46. The lowest BCUT2D eigenvalue weighted by atomic mass is 9.63. The van der Waals surface area contributed by atoms with Crippen molar-refractivity contribution in [1.82, 2.24) is 0 Å². The molecule has 0 unspecified atom stereocenters. The van der Waals surface area contributed by atoms with E-state index in [1.165, 1.54) is 0 Å². The standard InChI is InChI=1S/C9H15NO4/c1-3-14-8(11)9(2)4-7(5-9)6-10(12)13/h7H,3-6H2,1-2H3. The van der Waals surface area contributed by atoms with Gasteiger partial charge in [0.2, 0.25) is 6.54 Å². The molecule has 0 N–H and O–H groups in total. The molecular weight excluding hydrogens is 186 g/mol. The van der Waals surface area contributed by atoms with Crippen LogP contribution in [0, 0.1) is 21.4 Å². The number of esters is 1. The van der Waals surface area contributed by atoms with Crippen LogP contribution in [0.25, 0.3) is 0 Å². The van der Waals surface area contributed by atoms with Gasteiger partial charge in [-0.15, -0.1) is 0 Å². The van der Waals surface area contributed by atoms with Crippen molar-refractivity contribution in [2.24, 2.45) is 11.3 Å². The van der Waals surface area contributed by atoms with Crippen LogP contribution in [0.15, 0.2) is 0 Å². The van der Waals surface area contributed by atoms with E-state index in [4.69, 9.17) is 4.74 Å². The van der Waals surface area contributed by atoms with E-state index < -0.39 is 5.41 Å². The lowest BCUT2D eigenvalue weighted by Crippen LogP contribution is -2.44. The lowest BCUT2D eigenvalue weighted by Gasteiger charge is -2.40. The van der Waals surface area contributed by atoms with Gasteiger partial charge < -0.3 is 4.74 Å². The van der Waals surface area contributed by atoms with Crippen molar-refractivity contribution < 1.29 is 14.5 Å². The summed E-state index contributed by atoms with van der Waals surface area (Å²) >= 11 is 0. The van der Waals surface area contributed by atoms with Gasteiger partial charge in [-0.25, -0.2) is 0 Å². The maximum Gasteiger partial charge on any atom is 0.311 e. The van der Waals surface area contributed by atoms with E-state index in [1.54, 1.807) is 13.8 Å². The molecule has 0 spiro atoms. The summed E-state index contributed by atoms with van der Waals surface area (Å²) in [7, 11) is 0. The minimum Gasteiger partial charge on any atom is -0.466 e. The Morgan fingerprint density at radius 1 is 1.64 bits per heavy atom. The van der Waals surface area contributed by atoms with E-state index in [0.717, 1.165) is 0 Å². The molecule has 5 nitrogen and oxygen atoms in total. The van der Waals surface area contributed by atoms with Crippen LogP contribution in [0.3, 0.4) is 0 Å². The molecule has 80 valence electrons. The zero-order chi connectivity index (χ0) is 10.8. The highest BCUT2D eigenvalue weighted by molar-refractivity contribution is 5.77. The molecule has 1 rings (SSSR count). The predicted molar refractivity (Wildman–Crippen MR) is 49.3 cm³/mol. The van der Waals surface area contributed by atoms with E-state index in [1.807, 2.05) is 0 Å². The van der Waals surface area contributed by atoms with Crippen LogP contribution >= 0.6 is 0 Å². The number of carbonyl (C=O) groups excluding carboxylic acids is 1. The van der Waals surface area contributed by atoms with Crippen LogP contribution in [0.2, 0.25) is 0 Å². The van der Waals surface area contributed by atoms with E-state index >= 15 is 0 Å². The molecule has 0 aromatic heterocycles. The van der Waals surface area contributed by atoms with E-state index in [9.17, 15) is 14.9 Å². The zero-order valence-corrected chi connectivity index (χ0v) is 8.49. The predicted octanol–water partition coefficient (Wildman–Crippen LogP) is 1.24. The number of hydrogen-bond acceptors (Lipinski definition) is 4. The Labute approximate surface area is 82.6 Å². The summed E-state index contributed by atoms with van der Waals surface area (Å²) in [4.78, 5) is 21.3. The minimum atomic E-state index is -0.476. The molecule has 0 heterocycles. The fourth-order valence-electron chi connectivity index (χ4n) is 2.03. The summed E-state index contributed by atoms with van der Waals surface area (Å²) in [6, 6.07) is 0. The first-order chi connectivity index (χ1) is 6.48. The molecule has 1 saturated carbocycles. The smallest absolute Gasteiger partial charge is 0.311 e. The molecule has 0 bridgehead atoms. The second kappa shape index (κ2) is 3.94. The molecule has 5 heteroatoms. The van der Waals surface area contributed by atoms with Gasteiger partial charge in [-0.05, 0) is 26.7 Å². The normalized spacial score (nSPS) is 30.6. The Balaban J connectivity index is 2.36. The van der Waals surface area contributed by atoms with Gasteiger partial charge in [0.05, 0.1) is 12.0 Å². The Hall–Kier alpha value is -1.13. The van der Waals surface area contributed by atoms with Gasteiger partial charge in [-0.3, -0.25) is 14.9 Å². The average Bonchev–Trinajstić information content (AvgIpc) is 2.00. The topological polar surface area (TPSA) is 69.4 Å². The van der Waals surface area contributed by atoms with Crippen molar-refractivity contribution in [3.05, 3.63) is 10.1 Å². The van der Waals surface area contributed by atoms with Crippen molar-refractivity contribution in [1.29, 1.82) is 0 Å². The first-order valence-electron chi connectivity index (χ1n) is 4.77. The average molecular weight is 201 g/mol. The Morgan fingerprint density at radius 2 is 2.21 bits per heavy atom. The molecule has 1 aliphatic carbocycles. The lowest BCUT2D eigenvalue weighted by molar-refractivity contribution is -0.492. The van der Waals surface area contributed by atoms with Gasteiger partial charge in [-0.1, -0.05) is 0 Å². The molecule has 1 aliphatic rings. The third-order valence-electron chi connectivity index (χ3n) is 2.65. The quantitative estimate of drug-likeness (QED) is 0.390. The highest BCUT2D eigenvalue weighted by atomic mass is 16.6. The molecule has 0 atom stereocenters.